The summed E-state index contributed by atoms with van der Waals surface area (Å²) in [5.74, 6) is 0. The summed E-state index contributed by atoms with van der Waals surface area (Å²) in [4.78, 5) is 21.0. The Hall–Kier alpha value is -0.180. The third-order valence-corrected chi connectivity index (χ3v) is 6.94. The molecule has 0 saturated heterocycles. The minimum atomic E-state index is -4.21. The zero-order valence-electron chi connectivity index (χ0n) is 22.1. The fraction of sp³-hybridized carbons (Fsp3) is 0.960. The first-order valence-corrected chi connectivity index (χ1v) is 16.1. The number of alkyl halides is 1. The lowest BCUT2D eigenvalue weighted by Gasteiger charge is -2.19. The van der Waals surface area contributed by atoms with Crippen molar-refractivity contribution in [1.82, 2.24) is 0 Å². The number of phosphoric ester groups is 1. The van der Waals surface area contributed by atoms with Gasteiger partial charge in [0.25, 0.3) is 0 Å². The summed E-state index contributed by atoms with van der Waals surface area (Å²) < 4.78 is 36.4. The summed E-state index contributed by atoms with van der Waals surface area (Å²) in [5.41, 5.74) is 0. The number of phosphoric acid groups is 1. The van der Waals surface area contributed by atoms with Crippen molar-refractivity contribution < 1.29 is 37.5 Å². The molecule has 0 aliphatic heterocycles. The lowest BCUT2D eigenvalue weighted by molar-refractivity contribution is -0.0319. The minimum Gasteiger partial charge on any atom is -0.438 e. The highest BCUT2D eigenvalue weighted by atomic mass is 79.9. The molecule has 0 rings (SSSR count). The molecule has 10 heteroatoms. The predicted octanol–water partition coefficient (Wildman–Crippen LogP) is 7.94. The molecule has 0 aliphatic rings. The van der Waals surface area contributed by atoms with Gasteiger partial charge in [-0.05, 0) is 6.42 Å². The van der Waals surface area contributed by atoms with Crippen LogP contribution in [-0.2, 0) is 27.8 Å². The van der Waals surface area contributed by atoms with Gasteiger partial charge in [-0.1, -0.05) is 119 Å². The quantitative estimate of drug-likeness (QED) is 0.0470. The maximum atomic E-state index is 11.8. The Balaban J connectivity index is 3.66. The van der Waals surface area contributed by atoms with E-state index >= 15 is 0 Å². The predicted molar refractivity (Wildman–Crippen MR) is 143 cm³/mol. The third-order valence-electron chi connectivity index (χ3n) is 5.63. The van der Waals surface area contributed by atoms with Crippen molar-refractivity contribution in [2.45, 2.75) is 116 Å². The Morgan fingerprint density at radius 3 is 1.71 bits per heavy atom. The fourth-order valence-corrected chi connectivity index (χ4v) is 4.80. The highest BCUT2D eigenvalue weighted by Gasteiger charge is 2.25. The van der Waals surface area contributed by atoms with E-state index in [-0.39, 0.29) is 19.8 Å². The summed E-state index contributed by atoms with van der Waals surface area (Å²) in [7, 11) is -3.02. The Labute approximate surface area is 221 Å². The summed E-state index contributed by atoms with van der Waals surface area (Å²) in [6, 6.07) is 0. The van der Waals surface area contributed by atoms with Gasteiger partial charge in [0.15, 0.2) is 6.10 Å². The molecule has 0 spiro atoms. The van der Waals surface area contributed by atoms with Gasteiger partial charge in [0.05, 0.1) is 26.9 Å². The number of halogens is 1. The second kappa shape index (κ2) is 25.5. The number of rotatable bonds is 26. The molecule has 210 valence electrons. The van der Waals surface area contributed by atoms with Crippen LogP contribution in [0.2, 0.25) is 0 Å². The highest BCUT2D eigenvalue weighted by molar-refractivity contribution is 9.09. The molecule has 0 aromatic heterocycles. The average Bonchev–Trinajstić information content (AvgIpc) is 2.85. The molecule has 8 nitrogen and oxygen atoms in total. The molecule has 1 N–H and O–H groups in total. The van der Waals surface area contributed by atoms with Crippen LogP contribution in [0.25, 0.3) is 0 Å². The van der Waals surface area contributed by atoms with Crippen molar-refractivity contribution in [1.29, 1.82) is 0 Å². The van der Waals surface area contributed by atoms with E-state index in [9.17, 15) is 14.3 Å². The molecule has 0 fully saturated rings. The third kappa shape index (κ3) is 25.3. The van der Waals surface area contributed by atoms with Crippen LogP contribution in [0.15, 0.2) is 0 Å². The molecule has 0 aromatic rings. The smallest absolute Gasteiger partial charge is 0.438 e. The zero-order valence-corrected chi connectivity index (χ0v) is 24.5. The van der Waals surface area contributed by atoms with Crippen LogP contribution >= 0.6 is 23.8 Å². The molecule has 2 unspecified atom stereocenters. The number of unbranched alkanes of at least 4 members (excludes halogenated alkanes) is 15. The number of hydrogen-bond acceptors (Lipinski definition) is 7. The Morgan fingerprint density at radius 2 is 1.26 bits per heavy atom. The van der Waals surface area contributed by atoms with Crippen molar-refractivity contribution in [3.8, 4) is 0 Å². The monoisotopic (exact) mass is 588 g/mol. The zero-order chi connectivity index (χ0) is 26.0. The Morgan fingerprint density at radius 1 is 0.771 bits per heavy atom. The highest BCUT2D eigenvalue weighted by Crippen LogP contribution is 2.43. The molecule has 0 amide bonds. The Bertz CT molecular complexity index is 524. The van der Waals surface area contributed by atoms with E-state index in [0.717, 1.165) is 12.8 Å². The maximum absolute atomic E-state index is 11.8. The van der Waals surface area contributed by atoms with Crippen molar-refractivity contribution in [2.75, 3.05) is 38.9 Å². The first-order valence-electron chi connectivity index (χ1n) is 13.4. The maximum Gasteiger partial charge on any atom is 0.508 e. The van der Waals surface area contributed by atoms with Gasteiger partial charge in [-0.2, -0.15) is 0 Å². The molecule has 0 aliphatic carbocycles. The SMILES string of the molecule is CCCCCCCCCCCCCCCCCCOCC(COP(=O)(O)OCCBr)OC(=O)OC. The second-order valence-corrected chi connectivity index (χ2v) is 11.1. The van der Waals surface area contributed by atoms with Gasteiger partial charge in [-0.3, -0.25) is 9.05 Å². The Kier molecular flexibility index (Phi) is 25.3. The molecular weight excluding hydrogens is 539 g/mol. The second-order valence-electron chi connectivity index (χ2n) is 8.86. The lowest BCUT2D eigenvalue weighted by Crippen LogP contribution is -2.28. The van der Waals surface area contributed by atoms with Crippen LogP contribution in [0.5, 0.6) is 0 Å². The van der Waals surface area contributed by atoms with E-state index in [1.54, 1.807) is 0 Å². The van der Waals surface area contributed by atoms with Crippen molar-refractivity contribution in [3.05, 3.63) is 0 Å². The van der Waals surface area contributed by atoms with E-state index < -0.39 is 20.1 Å². The molecule has 0 heterocycles. The first-order chi connectivity index (χ1) is 16.9. The van der Waals surface area contributed by atoms with Crippen LogP contribution in [0.3, 0.4) is 0 Å². The number of ether oxygens (including phenoxy) is 3. The van der Waals surface area contributed by atoms with Crippen LogP contribution in [0.4, 0.5) is 4.79 Å². The fourth-order valence-electron chi connectivity index (χ4n) is 3.63. The summed E-state index contributed by atoms with van der Waals surface area (Å²) >= 11 is 3.10. The molecule has 0 bridgehead atoms. The average molecular weight is 590 g/mol. The summed E-state index contributed by atoms with van der Waals surface area (Å²) in [5, 5.41) is 0.394. The van der Waals surface area contributed by atoms with Crippen molar-refractivity contribution >= 4 is 29.9 Å². The van der Waals surface area contributed by atoms with Gasteiger partial charge in [0, 0.05) is 11.9 Å². The lowest BCUT2D eigenvalue weighted by atomic mass is 10.0. The van der Waals surface area contributed by atoms with Crippen LogP contribution in [-0.4, -0.2) is 56.0 Å². The van der Waals surface area contributed by atoms with Crippen LogP contribution in [0.1, 0.15) is 110 Å². The van der Waals surface area contributed by atoms with E-state index in [1.807, 2.05) is 0 Å². The van der Waals surface area contributed by atoms with Gasteiger partial charge in [-0.25, -0.2) is 9.36 Å². The van der Waals surface area contributed by atoms with Crippen molar-refractivity contribution in [3.63, 3.8) is 0 Å². The van der Waals surface area contributed by atoms with E-state index in [0.29, 0.717) is 11.9 Å². The minimum absolute atomic E-state index is 0.0199. The van der Waals surface area contributed by atoms with Crippen LogP contribution in [0, 0.1) is 0 Å². The molecule has 35 heavy (non-hydrogen) atoms. The number of carbonyl (C=O) groups is 1. The molecule has 0 radical (unpaired) electrons. The summed E-state index contributed by atoms with van der Waals surface area (Å²) in [6.45, 7) is 2.53. The topological polar surface area (TPSA) is 101 Å². The first kappa shape index (κ1) is 34.8. The number of hydrogen-bond donors (Lipinski definition) is 1. The van der Waals surface area contributed by atoms with Gasteiger partial charge in [-0.15, -0.1) is 0 Å². The van der Waals surface area contributed by atoms with Crippen LogP contribution < -0.4 is 0 Å². The normalized spacial score (nSPS) is 13.9. The number of methoxy groups -OCH3 is 1. The van der Waals surface area contributed by atoms with E-state index in [4.69, 9.17) is 18.5 Å². The summed E-state index contributed by atoms with van der Waals surface area (Å²) in [6.07, 6.45) is 19.1. The number of carbonyl (C=O) groups excluding carboxylic acids is 1. The van der Waals surface area contributed by atoms with Gasteiger partial charge in [0.1, 0.15) is 0 Å². The molecular formula is C25H50BrO8P. The van der Waals surface area contributed by atoms with E-state index in [2.05, 4.69) is 27.6 Å². The van der Waals surface area contributed by atoms with E-state index in [1.165, 1.54) is 97.0 Å². The standard InChI is InChI=1S/C25H50BrO8P/c1-3-4-5-6-7-8-9-10-11-12-13-14-15-16-17-18-20-31-22-24(34-25(27)30-2)23-33-35(28,29)32-21-19-26/h24H,3-23H2,1-2H3,(H,28,29). The largest absolute Gasteiger partial charge is 0.508 e. The van der Waals surface area contributed by atoms with Crippen molar-refractivity contribution in [2.24, 2.45) is 0 Å². The molecule has 0 aromatic carbocycles. The molecule has 0 saturated carbocycles. The van der Waals surface area contributed by atoms with Gasteiger partial charge >= 0.3 is 14.0 Å². The van der Waals surface area contributed by atoms with Gasteiger partial charge < -0.3 is 19.1 Å². The molecule has 2 atom stereocenters. The van der Waals surface area contributed by atoms with Gasteiger partial charge in [0.2, 0.25) is 0 Å².